The Labute approximate surface area is 81.5 Å². The maximum absolute atomic E-state index is 11.2. The van der Waals surface area contributed by atoms with Crippen LogP contribution in [0.15, 0.2) is 0 Å². The summed E-state index contributed by atoms with van der Waals surface area (Å²) in [4.78, 5) is 29.6. The van der Waals surface area contributed by atoms with Gasteiger partial charge in [-0.25, -0.2) is 4.67 Å². The van der Waals surface area contributed by atoms with Gasteiger partial charge < -0.3 is 14.5 Å². The van der Waals surface area contributed by atoms with Crippen LogP contribution in [0.2, 0.25) is 0 Å². The molecule has 0 amide bonds. The topological polar surface area (TPSA) is 70.0 Å². The Bertz CT molecular complexity index is 253. The number of nitrogens with zero attached hydrogens (tertiary/aromatic N) is 1. The summed E-state index contributed by atoms with van der Waals surface area (Å²) in [6, 6.07) is -0.578. The number of hydrogen-bond acceptors (Lipinski definition) is 3. The fourth-order valence-corrected chi connectivity index (χ4v) is 3.00. The van der Waals surface area contributed by atoms with E-state index in [4.69, 9.17) is 0 Å². The monoisotopic (exact) mass is 225 g/mol. The second-order valence-corrected chi connectivity index (χ2v) is 5.87. The van der Waals surface area contributed by atoms with E-state index in [1.165, 1.54) is 11.8 Å². The zero-order valence-electron chi connectivity index (χ0n) is 7.21. The Morgan fingerprint density at radius 3 is 2.77 bits per heavy atom. The lowest BCUT2D eigenvalue weighted by molar-refractivity contribution is -0.144. The van der Waals surface area contributed by atoms with Gasteiger partial charge in [-0.15, -0.1) is 0 Å². The highest BCUT2D eigenvalue weighted by Crippen LogP contribution is 2.45. The molecule has 0 unspecified atom stereocenters. The average molecular weight is 225 g/mol. The predicted molar refractivity (Wildman–Crippen MR) is 50.5 cm³/mol. The fourth-order valence-electron chi connectivity index (χ4n) is 1.44. The smallest absolute Gasteiger partial charge is 0.323 e. The summed E-state index contributed by atoms with van der Waals surface area (Å²) in [6.45, 7) is -3.02. The molecule has 1 heterocycles. The highest BCUT2D eigenvalue weighted by atomic mass is 32.5. The molecule has 1 atom stereocenters. The molecule has 0 radical (unpaired) electrons. The van der Waals surface area contributed by atoms with Gasteiger partial charge in [0.1, 0.15) is 6.04 Å². The molecule has 0 aromatic carbocycles. The molecule has 0 spiro atoms. The second kappa shape index (κ2) is 4.02. The molecule has 0 aromatic heterocycles. The standard InChI is InChI=1S/C6H12NO4PS/c1-11-6(8)5-3-2-4-7(5)12(9,10)13/h5H,2-4H2,1H3,(H2,9,10,13)/t5-/m0/s1. The van der Waals surface area contributed by atoms with Crippen molar-refractivity contribution in [2.75, 3.05) is 13.7 Å². The van der Waals surface area contributed by atoms with E-state index in [2.05, 4.69) is 16.5 Å². The van der Waals surface area contributed by atoms with Crippen molar-refractivity contribution in [3.63, 3.8) is 0 Å². The van der Waals surface area contributed by atoms with Crippen molar-refractivity contribution in [2.45, 2.75) is 18.9 Å². The van der Waals surface area contributed by atoms with Crippen molar-refractivity contribution in [2.24, 2.45) is 0 Å². The fraction of sp³-hybridized carbons (Fsp3) is 0.833. The van der Waals surface area contributed by atoms with Crippen LogP contribution in [-0.4, -0.2) is 40.1 Å². The van der Waals surface area contributed by atoms with Crippen LogP contribution in [0, 0.1) is 0 Å². The third-order valence-electron chi connectivity index (χ3n) is 2.03. The quantitative estimate of drug-likeness (QED) is 0.502. The zero-order valence-corrected chi connectivity index (χ0v) is 8.92. The molecule has 1 saturated heterocycles. The summed E-state index contributed by atoms with van der Waals surface area (Å²) in [5.74, 6) is -0.449. The van der Waals surface area contributed by atoms with E-state index in [9.17, 15) is 14.6 Å². The van der Waals surface area contributed by atoms with Crippen LogP contribution < -0.4 is 0 Å². The molecule has 1 fully saturated rings. The van der Waals surface area contributed by atoms with Crippen LogP contribution in [0.25, 0.3) is 0 Å². The maximum atomic E-state index is 11.2. The lowest BCUT2D eigenvalue weighted by Crippen LogP contribution is -2.34. The third kappa shape index (κ3) is 2.48. The van der Waals surface area contributed by atoms with Crippen LogP contribution in [-0.2, 0) is 21.3 Å². The van der Waals surface area contributed by atoms with Crippen LogP contribution >= 0.6 is 6.64 Å². The Kier molecular flexibility index (Phi) is 3.43. The van der Waals surface area contributed by atoms with Crippen molar-refractivity contribution in [1.82, 2.24) is 4.67 Å². The van der Waals surface area contributed by atoms with Gasteiger partial charge in [0.25, 0.3) is 6.64 Å². The highest BCUT2D eigenvalue weighted by Gasteiger charge is 2.38. The van der Waals surface area contributed by atoms with Gasteiger partial charge in [0, 0.05) is 6.54 Å². The number of methoxy groups -OCH3 is 1. The first-order chi connectivity index (χ1) is 5.96. The van der Waals surface area contributed by atoms with Gasteiger partial charge in [0.15, 0.2) is 0 Å². The molecule has 0 aromatic rings. The number of carbonyl (C=O) groups excluding carboxylic acids is 1. The number of carbonyl (C=O) groups is 1. The van der Waals surface area contributed by atoms with E-state index in [1.54, 1.807) is 0 Å². The summed E-state index contributed by atoms with van der Waals surface area (Å²) in [6.07, 6.45) is 1.31. The largest absolute Gasteiger partial charge is 0.468 e. The predicted octanol–water partition coefficient (Wildman–Crippen LogP) is -0.167. The summed E-state index contributed by atoms with van der Waals surface area (Å²) >= 11 is 4.53. The maximum Gasteiger partial charge on any atom is 0.323 e. The SMILES string of the molecule is COC(=O)[C@@H]1CCCN1P(O)(O)=S. The first kappa shape index (κ1) is 11.1. The molecule has 2 N–H and O–H groups in total. The Hall–Kier alpha value is -0.0000000000000000833. The third-order valence-corrected chi connectivity index (χ3v) is 3.81. The van der Waals surface area contributed by atoms with Gasteiger partial charge in [0.2, 0.25) is 0 Å². The lowest BCUT2D eigenvalue weighted by Gasteiger charge is -2.25. The molecule has 5 nitrogen and oxygen atoms in total. The minimum Gasteiger partial charge on any atom is -0.468 e. The Balaban J connectivity index is 2.75. The van der Waals surface area contributed by atoms with Crippen LogP contribution in [0.1, 0.15) is 12.8 Å². The number of rotatable bonds is 2. The van der Waals surface area contributed by atoms with E-state index < -0.39 is 18.7 Å². The molecule has 1 rings (SSSR count). The van der Waals surface area contributed by atoms with E-state index in [-0.39, 0.29) is 0 Å². The molecule has 0 aliphatic carbocycles. The number of ether oxygens (including phenoxy) is 1. The Morgan fingerprint density at radius 1 is 1.69 bits per heavy atom. The van der Waals surface area contributed by atoms with Crippen molar-refractivity contribution < 1.29 is 19.3 Å². The van der Waals surface area contributed by atoms with Crippen molar-refractivity contribution >= 4 is 24.4 Å². The van der Waals surface area contributed by atoms with Crippen LogP contribution in [0.3, 0.4) is 0 Å². The zero-order chi connectivity index (χ0) is 10.1. The van der Waals surface area contributed by atoms with E-state index in [1.807, 2.05) is 0 Å². The first-order valence-electron chi connectivity index (χ1n) is 3.87. The van der Waals surface area contributed by atoms with Crippen LogP contribution in [0.5, 0.6) is 0 Å². The molecule has 1 aliphatic heterocycles. The van der Waals surface area contributed by atoms with Gasteiger partial charge in [0.05, 0.1) is 7.11 Å². The van der Waals surface area contributed by atoms with Gasteiger partial charge in [-0.1, -0.05) is 0 Å². The molecular weight excluding hydrogens is 213 g/mol. The summed E-state index contributed by atoms with van der Waals surface area (Å²) in [7, 11) is 1.27. The normalized spacial score (nSPS) is 24.7. The summed E-state index contributed by atoms with van der Waals surface area (Å²) < 4.78 is 5.79. The first-order valence-corrected chi connectivity index (χ1v) is 6.53. The molecule has 1 aliphatic rings. The summed E-state index contributed by atoms with van der Waals surface area (Å²) in [5.41, 5.74) is 0. The van der Waals surface area contributed by atoms with Crippen molar-refractivity contribution in [3.05, 3.63) is 0 Å². The van der Waals surface area contributed by atoms with Gasteiger partial charge in [-0.2, -0.15) is 0 Å². The van der Waals surface area contributed by atoms with Gasteiger partial charge >= 0.3 is 5.97 Å². The second-order valence-electron chi connectivity index (χ2n) is 2.86. The van der Waals surface area contributed by atoms with Gasteiger partial charge in [-0.3, -0.25) is 4.79 Å². The van der Waals surface area contributed by atoms with E-state index >= 15 is 0 Å². The lowest BCUT2D eigenvalue weighted by atomic mass is 10.2. The molecular formula is C6H12NO4PS. The highest BCUT2D eigenvalue weighted by molar-refractivity contribution is 8.07. The molecule has 0 bridgehead atoms. The number of hydrogen-bond donors (Lipinski definition) is 2. The summed E-state index contributed by atoms with van der Waals surface area (Å²) in [5, 5.41) is 0. The average Bonchev–Trinajstić information content (AvgIpc) is 2.49. The number of esters is 1. The van der Waals surface area contributed by atoms with Crippen molar-refractivity contribution in [1.29, 1.82) is 0 Å². The molecule has 76 valence electrons. The Morgan fingerprint density at radius 2 is 2.31 bits per heavy atom. The minimum atomic E-state index is -3.47. The van der Waals surface area contributed by atoms with E-state index in [0.717, 1.165) is 6.42 Å². The van der Waals surface area contributed by atoms with Crippen molar-refractivity contribution in [3.8, 4) is 0 Å². The van der Waals surface area contributed by atoms with E-state index in [0.29, 0.717) is 13.0 Å². The minimum absolute atomic E-state index is 0.448. The van der Waals surface area contributed by atoms with Gasteiger partial charge in [-0.05, 0) is 24.6 Å². The van der Waals surface area contributed by atoms with Crippen LogP contribution in [0.4, 0.5) is 0 Å². The molecule has 0 saturated carbocycles. The molecule has 13 heavy (non-hydrogen) atoms. The molecule has 7 heteroatoms.